The molecule has 0 aliphatic heterocycles. The average molecular weight is 197 g/mol. The van der Waals surface area contributed by atoms with Crippen molar-refractivity contribution in [2.45, 2.75) is 0 Å². The second-order valence-electron chi connectivity index (χ2n) is 1.55. The third kappa shape index (κ3) is 1.45. The van der Waals surface area contributed by atoms with Crippen molar-refractivity contribution in [3.05, 3.63) is 21.3 Å². The number of pyridine rings is 1. The second kappa shape index (κ2) is 2.82. The van der Waals surface area contributed by atoms with Gasteiger partial charge in [0, 0.05) is 0 Å². The molecule has 1 radical (unpaired) electrons. The number of hydrogen-bond acceptors (Lipinski definition) is 1. The molecule has 10 heavy (non-hydrogen) atoms. The van der Waals surface area contributed by atoms with Crippen molar-refractivity contribution in [2.75, 3.05) is 0 Å². The van der Waals surface area contributed by atoms with Gasteiger partial charge in [0.15, 0.2) is 5.15 Å². The Balaban J connectivity index is 3.28. The summed E-state index contributed by atoms with van der Waals surface area (Å²) in [5.41, 5.74) is 0. The third-order valence-corrected chi connectivity index (χ3v) is 1.80. The molecule has 2 nitrogen and oxygen atoms in total. The summed E-state index contributed by atoms with van der Waals surface area (Å²) in [5, 5.41) is 10.8. The van der Waals surface area contributed by atoms with E-state index in [9.17, 15) is 5.11 Å². The molecule has 1 aromatic heterocycles. The molecule has 53 valence electrons. The fourth-order valence-corrected chi connectivity index (χ4v) is 0.918. The molecule has 0 amide bonds. The minimum Gasteiger partial charge on any atom is -0.266 e. The van der Waals surface area contributed by atoms with Crippen molar-refractivity contribution < 1.29 is 5.11 Å². The van der Waals surface area contributed by atoms with E-state index in [1.165, 1.54) is 6.07 Å². The Bertz CT molecular complexity index is 213. The molecule has 1 aromatic rings. The molecule has 0 saturated heterocycles. The highest BCUT2D eigenvalue weighted by Gasteiger charge is 2.06. The van der Waals surface area contributed by atoms with Crippen LogP contribution in [-0.4, -0.2) is 4.98 Å². The zero-order chi connectivity index (χ0) is 7.72. The van der Waals surface area contributed by atoms with Gasteiger partial charge in [-0.1, -0.05) is 34.8 Å². The van der Waals surface area contributed by atoms with Gasteiger partial charge in [-0.3, -0.25) is 5.11 Å². The maximum absolute atomic E-state index is 10.6. The van der Waals surface area contributed by atoms with Crippen LogP contribution in [0, 0.1) is 0 Å². The molecular weight excluding hydrogens is 196 g/mol. The van der Waals surface area contributed by atoms with Crippen LogP contribution < -0.4 is 0 Å². The van der Waals surface area contributed by atoms with Gasteiger partial charge in [0.2, 0.25) is 0 Å². The first kappa shape index (κ1) is 7.92. The van der Waals surface area contributed by atoms with E-state index in [0.29, 0.717) is 0 Å². The average Bonchev–Trinajstić information content (AvgIpc) is 1.84. The molecule has 5 heteroatoms. The Morgan fingerprint density at radius 2 is 1.80 bits per heavy atom. The third-order valence-electron chi connectivity index (χ3n) is 0.855. The molecule has 0 unspecified atom stereocenters. The van der Waals surface area contributed by atoms with Crippen molar-refractivity contribution >= 4 is 34.8 Å². The molecule has 0 bridgehead atoms. The van der Waals surface area contributed by atoms with E-state index >= 15 is 0 Å². The Kier molecular flexibility index (Phi) is 2.24. The van der Waals surface area contributed by atoms with E-state index in [1.807, 2.05) is 0 Å². The summed E-state index contributed by atoms with van der Waals surface area (Å²) in [4.78, 5) is 3.32. The summed E-state index contributed by atoms with van der Waals surface area (Å²) in [6.45, 7) is 0. The van der Waals surface area contributed by atoms with Crippen LogP contribution in [0.2, 0.25) is 15.2 Å². The van der Waals surface area contributed by atoms with Crippen LogP contribution in [0.5, 0.6) is 5.88 Å². The molecule has 0 aliphatic carbocycles. The fourth-order valence-electron chi connectivity index (χ4n) is 0.429. The van der Waals surface area contributed by atoms with E-state index in [4.69, 9.17) is 34.8 Å². The molecule has 0 atom stereocenters. The van der Waals surface area contributed by atoms with Gasteiger partial charge in [-0.25, -0.2) is 0 Å². The van der Waals surface area contributed by atoms with Crippen molar-refractivity contribution in [3.8, 4) is 5.88 Å². The predicted octanol–water partition coefficient (Wildman–Crippen LogP) is 3.19. The largest absolute Gasteiger partial charge is 0.289 e. The lowest BCUT2D eigenvalue weighted by Crippen LogP contribution is -1.77. The van der Waals surface area contributed by atoms with Crippen molar-refractivity contribution in [1.82, 2.24) is 4.98 Å². The number of nitrogens with zero attached hydrogens (tertiary/aromatic N) is 1. The van der Waals surface area contributed by atoms with E-state index in [0.717, 1.165) is 0 Å². The number of halogens is 3. The first-order valence-electron chi connectivity index (χ1n) is 2.30. The minimum absolute atomic E-state index is 0.0175. The van der Waals surface area contributed by atoms with Gasteiger partial charge < -0.3 is 0 Å². The summed E-state index contributed by atoms with van der Waals surface area (Å²) in [6.07, 6.45) is 0. The number of hydrogen-bond donors (Lipinski definition) is 0. The van der Waals surface area contributed by atoms with Crippen molar-refractivity contribution in [2.24, 2.45) is 0 Å². The summed E-state index contributed by atoms with van der Waals surface area (Å²) in [6, 6.07) is 1.26. The highest BCUT2D eigenvalue weighted by atomic mass is 35.5. The lowest BCUT2D eigenvalue weighted by Gasteiger charge is -1.94. The Morgan fingerprint density at radius 1 is 1.20 bits per heavy atom. The molecule has 0 aromatic carbocycles. The molecule has 0 spiro atoms. The van der Waals surface area contributed by atoms with Crippen LogP contribution in [0.1, 0.15) is 0 Å². The zero-order valence-corrected chi connectivity index (χ0v) is 6.83. The maximum Gasteiger partial charge on any atom is 0.289 e. The van der Waals surface area contributed by atoms with E-state index in [2.05, 4.69) is 4.98 Å². The Labute approximate surface area is 72.4 Å². The van der Waals surface area contributed by atoms with Gasteiger partial charge in [0.25, 0.3) is 5.88 Å². The highest BCUT2D eigenvalue weighted by molar-refractivity contribution is 6.42. The van der Waals surface area contributed by atoms with E-state index in [-0.39, 0.29) is 15.2 Å². The Hall–Kier alpha value is -0.180. The van der Waals surface area contributed by atoms with Gasteiger partial charge in [-0.05, 0) is 6.07 Å². The second-order valence-corrected chi connectivity index (χ2v) is 2.72. The van der Waals surface area contributed by atoms with Crippen LogP contribution in [0.4, 0.5) is 0 Å². The van der Waals surface area contributed by atoms with Gasteiger partial charge in [0.05, 0.1) is 5.02 Å². The Morgan fingerprint density at radius 3 is 2.30 bits per heavy atom. The van der Waals surface area contributed by atoms with Crippen LogP contribution >= 0.6 is 34.8 Å². The number of aromatic nitrogens is 1. The first-order valence-corrected chi connectivity index (χ1v) is 3.43. The van der Waals surface area contributed by atoms with Crippen LogP contribution in [0.15, 0.2) is 6.07 Å². The zero-order valence-electron chi connectivity index (χ0n) is 4.57. The maximum atomic E-state index is 10.6. The topological polar surface area (TPSA) is 32.8 Å². The van der Waals surface area contributed by atoms with Gasteiger partial charge >= 0.3 is 0 Å². The van der Waals surface area contributed by atoms with Crippen LogP contribution in [0.25, 0.3) is 0 Å². The summed E-state index contributed by atoms with van der Waals surface area (Å²) in [7, 11) is 0. The van der Waals surface area contributed by atoms with E-state index in [1.54, 1.807) is 0 Å². The van der Waals surface area contributed by atoms with Gasteiger partial charge in [0.1, 0.15) is 5.02 Å². The summed E-state index contributed by atoms with van der Waals surface area (Å²) >= 11 is 16.2. The SMILES string of the molecule is [O]c1nc(Cl)c(Cl)cc1Cl. The van der Waals surface area contributed by atoms with Crippen LogP contribution in [-0.2, 0) is 5.11 Å². The predicted molar refractivity (Wildman–Crippen MR) is 39.4 cm³/mol. The molecule has 1 heterocycles. The normalized spacial score (nSPS) is 9.90. The van der Waals surface area contributed by atoms with Gasteiger partial charge in [-0.15, -0.1) is 0 Å². The first-order chi connectivity index (χ1) is 4.61. The minimum atomic E-state index is -0.559. The fraction of sp³-hybridized carbons (Fsp3) is 0. The monoisotopic (exact) mass is 196 g/mol. The molecule has 0 N–H and O–H groups in total. The molecule has 0 aliphatic rings. The highest BCUT2D eigenvalue weighted by Crippen LogP contribution is 2.29. The van der Waals surface area contributed by atoms with Gasteiger partial charge in [-0.2, -0.15) is 4.98 Å². The molecule has 0 saturated carbocycles. The smallest absolute Gasteiger partial charge is 0.266 e. The van der Waals surface area contributed by atoms with Crippen LogP contribution in [0.3, 0.4) is 0 Å². The number of rotatable bonds is 0. The summed E-state index contributed by atoms with van der Waals surface area (Å²) < 4.78 is 0. The molecular formula is C5HCl3NO. The van der Waals surface area contributed by atoms with Crippen molar-refractivity contribution in [3.63, 3.8) is 0 Å². The van der Waals surface area contributed by atoms with E-state index < -0.39 is 5.88 Å². The molecule has 0 fully saturated rings. The quantitative estimate of drug-likeness (QED) is 0.588. The standard InChI is InChI=1S/C5HCl3NO/c6-2-1-3(7)5(10)9-4(2)8/h1H. The lowest BCUT2D eigenvalue weighted by molar-refractivity contribution is 0.338. The molecule has 1 rings (SSSR count). The summed E-state index contributed by atoms with van der Waals surface area (Å²) in [5.74, 6) is -0.559. The lowest BCUT2D eigenvalue weighted by atomic mass is 10.5. The van der Waals surface area contributed by atoms with Crippen molar-refractivity contribution in [1.29, 1.82) is 0 Å².